The number of nitrogens with one attached hydrogen (secondary N) is 1. The minimum absolute atomic E-state index is 0.0175. The standard InChI is InChI=1S/C12H18N2O2S2/c1-8(11(6-15)17-3)13-12(16)5-4-10-7-18-9(2)14-10/h4-5,7-8,11,15H,6H2,1-3H3,(H,13,16)/b5-4+. The number of thiazole rings is 1. The van der Waals surface area contributed by atoms with Gasteiger partial charge in [0.2, 0.25) is 5.91 Å². The molecule has 2 atom stereocenters. The summed E-state index contributed by atoms with van der Waals surface area (Å²) in [4.78, 5) is 15.9. The Balaban J connectivity index is 2.48. The molecule has 6 heteroatoms. The largest absolute Gasteiger partial charge is 0.395 e. The number of hydrogen-bond acceptors (Lipinski definition) is 5. The summed E-state index contributed by atoms with van der Waals surface area (Å²) < 4.78 is 0. The van der Waals surface area contributed by atoms with Crippen LogP contribution in [0.15, 0.2) is 11.5 Å². The van der Waals surface area contributed by atoms with Crippen molar-refractivity contribution in [2.45, 2.75) is 25.1 Å². The van der Waals surface area contributed by atoms with Crippen LogP contribution in [-0.2, 0) is 4.79 Å². The molecule has 2 unspecified atom stereocenters. The van der Waals surface area contributed by atoms with Gasteiger partial charge < -0.3 is 10.4 Å². The summed E-state index contributed by atoms with van der Waals surface area (Å²) in [7, 11) is 0. The Morgan fingerprint density at radius 1 is 1.72 bits per heavy atom. The molecule has 1 rings (SSSR count). The van der Waals surface area contributed by atoms with Crippen molar-refractivity contribution in [2.75, 3.05) is 12.9 Å². The molecule has 0 aromatic carbocycles. The average molecular weight is 286 g/mol. The quantitative estimate of drug-likeness (QED) is 0.781. The van der Waals surface area contributed by atoms with E-state index in [1.165, 1.54) is 17.8 Å². The molecule has 0 aliphatic carbocycles. The first kappa shape index (κ1) is 15.2. The van der Waals surface area contributed by atoms with E-state index in [1.54, 1.807) is 17.4 Å². The third-order valence-electron chi connectivity index (χ3n) is 2.45. The number of aliphatic hydroxyl groups excluding tert-OH is 1. The molecule has 100 valence electrons. The molecule has 2 N–H and O–H groups in total. The maximum atomic E-state index is 11.7. The minimum atomic E-state index is -0.166. The first-order valence-corrected chi connectivity index (χ1v) is 7.78. The van der Waals surface area contributed by atoms with Crippen molar-refractivity contribution in [1.82, 2.24) is 10.3 Å². The van der Waals surface area contributed by atoms with E-state index in [0.717, 1.165) is 10.7 Å². The van der Waals surface area contributed by atoms with Crippen molar-refractivity contribution < 1.29 is 9.90 Å². The zero-order valence-corrected chi connectivity index (χ0v) is 12.3. The summed E-state index contributed by atoms with van der Waals surface area (Å²) in [6.07, 6.45) is 5.08. The van der Waals surface area contributed by atoms with E-state index in [2.05, 4.69) is 10.3 Å². The molecule has 1 amide bonds. The number of aryl methyl sites for hydroxylation is 1. The molecule has 0 radical (unpaired) electrons. The monoisotopic (exact) mass is 286 g/mol. The Morgan fingerprint density at radius 2 is 2.44 bits per heavy atom. The summed E-state index contributed by atoms with van der Waals surface area (Å²) in [5, 5.41) is 14.8. The first-order valence-electron chi connectivity index (χ1n) is 5.61. The van der Waals surface area contributed by atoms with E-state index < -0.39 is 0 Å². The van der Waals surface area contributed by atoms with Crippen LogP contribution in [0.4, 0.5) is 0 Å². The second kappa shape index (κ2) is 7.56. The van der Waals surface area contributed by atoms with Crippen LogP contribution < -0.4 is 5.32 Å². The number of hydrogen-bond donors (Lipinski definition) is 2. The van der Waals surface area contributed by atoms with Gasteiger partial charge in [-0.25, -0.2) is 4.98 Å². The van der Waals surface area contributed by atoms with Crippen LogP contribution in [0.2, 0.25) is 0 Å². The smallest absolute Gasteiger partial charge is 0.244 e. The number of thioether (sulfide) groups is 1. The van der Waals surface area contributed by atoms with Crippen LogP contribution in [0.3, 0.4) is 0 Å². The van der Waals surface area contributed by atoms with E-state index in [-0.39, 0.29) is 23.8 Å². The topological polar surface area (TPSA) is 62.2 Å². The molecule has 0 fully saturated rings. The normalized spacial score (nSPS) is 14.7. The first-order chi connectivity index (χ1) is 8.56. The van der Waals surface area contributed by atoms with Crippen LogP contribution in [-0.4, -0.2) is 40.2 Å². The van der Waals surface area contributed by atoms with Gasteiger partial charge in [0.15, 0.2) is 0 Å². The molecule has 1 heterocycles. The van der Waals surface area contributed by atoms with Crippen molar-refractivity contribution in [3.63, 3.8) is 0 Å². The van der Waals surface area contributed by atoms with Crippen molar-refractivity contribution in [2.24, 2.45) is 0 Å². The van der Waals surface area contributed by atoms with Gasteiger partial charge in [0.1, 0.15) is 0 Å². The molecular weight excluding hydrogens is 268 g/mol. The lowest BCUT2D eigenvalue weighted by molar-refractivity contribution is -0.117. The molecule has 18 heavy (non-hydrogen) atoms. The zero-order chi connectivity index (χ0) is 13.5. The number of aromatic nitrogens is 1. The lowest BCUT2D eigenvalue weighted by Crippen LogP contribution is -2.40. The molecule has 0 saturated carbocycles. The maximum absolute atomic E-state index is 11.7. The minimum Gasteiger partial charge on any atom is -0.395 e. The highest BCUT2D eigenvalue weighted by molar-refractivity contribution is 7.99. The number of nitrogens with zero attached hydrogens (tertiary/aromatic N) is 1. The van der Waals surface area contributed by atoms with Gasteiger partial charge in [0, 0.05) is 22.7 Å². The highest BCUT2D eigenvalue weighted by Crippen LogP contribution is 2.11. The predicted octanol–water partition coefficient (Wildman–Crippen LogP) is 1.69. The second-order valence-corrected chi connectivity index (χ2v) is 6.02. The highest BCUT2D eigenvalue weighted by atomic mass is 32.2. The Morgan fingerprint density at radius 3 is 2.94 bits per heavy atom. The van der Waals surface area contributed by atoms with Gasteiger partial charge in [-0.05, 0) is 26.2 Å². The van der Waals surface area contributed by atoms with Gasteiger partial charge >= 0.3 is 0 Å². The number of carbonyl (C=O) groups is 1. The molecule has 0 saturated heterocycles. The van der Waals surface area contributed by atoms with Gasteiger partial charge in [-0.15, -0.1) is 11.3 Å². The van der Waals surface area contributed by atoms with E-state index in [0.29, 0.717) is 0 Å². The molecule has 0 bridgehead atoms. The Kier molecular flexibility index (Phi) is 6.38. The van der Waals surface area contributed by atoms with E-state index in [4.69, 9.17) is 5.11 Å². The SMILES string of the molecule is CSC(CO)C(C)NC(=O)/C=C/c1csc(C)n1. The highest BCUT2D eigenvalue weighted by Gasteiger charge is 2.15. The summed E-state index contributed by atoms with van der Waals surface area (Å²) in [6, 6.07) is -0.0701. The Labute approximate surface area is 116 Å². The van der Waals surface area contributed by atoms with Gasteiger partial charge in [-0.2, -0.15) is 11.8 Å². The van der Waals surface area contributed by atoms with Gasteiger partial charge in [0.05, 0.1) is 17.3 Å². The maximum Gasteiger partial charge on any atom is 0.244 e. The summed E-state index contributed by atoms with van der Waals surface area (Å²) in [6.45, 7) is 3.86. The molecule has 0 aliphatic heterocycles. The summed E-state index contributed by atoms with van der Waals surface area (Å²) in [5.41, 5.74) is 0.795. The van der Waals surface area contributed by atoms with Crippen molar-refractivity contribution in [3.05, 3.63) is 22.2 Å². The fraction of sp³-hybridized carbons (Fsp3) is 0.500. The van der Waals surface area contributed by atoms with Crippen LogP contribution in [0.5, 0.6) is 0 Å². The van der Waals surface area contributed by atoms with Gasteiger partial charge in [-0.3, -0.25) is 4.79 Å². The molecule has 1 aromatic rings. The third-order valence-corrected chi connectivity index (χ3v) is 4.41. The van der Waals surface area contributed by atoms with E-state index >= 15 is 0 Å². The average Bonchev–Trinajstić information content (AvgIpc) is 2.74. The van der Waals surface area contributed by atoms with Crippen LogP contribution in [0.25, 0.3) is 6.08 Å². The number of amides is 1. The zero-order valence-electron chi connectivity index (χ0n) is 10.7. The number of rotatable bonds is 6. The molecule has 0 aliphatic rings. The van der Waals surface area contributed by atoms with Crippen molar-refractivity contribution >= 4 is 35.1 Å². The number of aliphatic hydroxyl groups is 1. The van der Waals surface area contributed by atoms with Gasteiger partial charge in [0.25, 0.3) is 0 Å². The molecular formula is C12H18N2O2S2. The molecule has 4 nitrogen and oxygen atoms in total. The fourth-order valence-electron chi connectivity index (χ4n) is 1.42. The predicted molar refractivity (Wildman–Crippen MR) is 77.9 cm³/mol. The third kappa shape index (κ3) is 4.80. The lowest BCUT2D eigenvalue weighted by atomic mass is 10.2. The Bertz CT molecular complexity index is 414. The van der Waals surface area contributed by atoms with Crippen LogP contribution in [0.1, 0.15) is 17.6 Å². The number of carbonyl (C=O) groups excluding carboxylic acids is 1. The van der Waals surface area contributed by atoms with E-state index in [1.807, 2.05) is 25.5 Å². The summed E-state index contributed by atoms with van der Waals surface area (Å²) >= 11 is 3.09. The van der Waals surface area contributed by atoms with Crippen LogP contribution >= 0.6 is 23.1 Å². The van der Waals surface area contributed by atoms with Gasteiger partial charge in [-0.1, -0.05) is 0 Å². The van der Waals surface area contributed by atoms with Crippen LogP contribution in [0, 0.1) is 6.92 Å². The lowest BCUT2D eigenvalue weighted by Gasteiger charge is -2.20. The van der Waals surface area contributed by atoms with E-state index in [9.17, 15) is 4.79 Å². The van der Waals surface area contributed by atoms with Crippen molar-refractivity contribution in [3.8, 4) is 0 Å². The summed E-state index contributed by atoms with van der Waals surface area (Å²) in [5.74, 6) is -0.166. The fourth-order valence-corrected chi connectivity index (χ4v) is 2.63. The molecule has 0 spiro atoms. The van der Waals surface area contributed by atoms with Crippen molar-refractivity contribution in [1.29, 1.82) is 0 Å². The second-order valence-electron chi connectivity index (χ2n) is 3.88. The Hall–Kier alpha value is -0.850. The molecule has 1 aromatic heterocycles.